The molecule has 0 spiro atoms. The van der Waals surface area contributed by atoms with Gasteiger partial charge in [-0.05, 0) is 12.8 Å². The normalized spacial score (nSPS) is 22.3. The molecule has 3 amide bonds. The van der Waals surface area contributed by atoms with Crippen molar-refractivity contribution < 1.29 is 19.1 Å². The number of hydrogen-bond donors (Lipinski definition) is 1. The number of carbonyl (C=O) groups excluding carboxylic acids is 3. The number of nitrogens with zero attached hydrogens (tertiary/aromatic N) is 2. The van der Waals surface area contributed by atoms with Gasteiger partial charge in [-0.1, -0.05) is 0 Å². The number of likely N-dealkylation sites (tertiary alicyclic amines) is 1. The lowest BCUT2D eigenvalue weighted by atomic mass is 9.97. The van der Waals surface area contributed by atoms with Gasteiger partial charge in [0, 0.05) is 46.1 Å². The van der Waals surface area contributed by atoms with Crippen molar-refractivity contribution in [2.24, 2.45) is 5.92 Å². The molecule has 2 aliphatic rings. The first kappa shape index (κ1) is 16.7. The summed E-state index contributed by atoms with van der Waals surface area (Å²) in [6.45, 7) is 3.49. The Morgan fingerprint density at radius 2 is 1.68 bits per heavy atom. The summed E-state index contributed by atoms with van der Waals surface area (Å²) in [4.78, 5) is 39.4. The summed E-state index contributed by atoms with van der Waals surface area (Å²) in [7, 11) is 1.62. The molecule has 0 aromatic heterocycles. The van der Waals surface area contributed by atoms with E-state index in [4.69, 9.17) is 4.74 Å². The van der Waals surface area contributed by atoms with E-state index < -0.39 is 0 Å². The van der Waals surface area contributed by atoms with Crippen LogP contribution >= 0.6 is 0 Å². The summed E-state index contributed by atoms with van der Waals surface area (Å²) >= 11 is 0. The summed E-state index contributed by atoms with van der Waals surface area (Å²) < 4.78 is 5.21. The first-order valence-corrected chi connectivity index (χ1v) is 7.96. The van der Waals surface area contributed by atoms with Crippen LogP contribution in [-0.4, -0.2) is 74.0 Å². The molecule has 2 heterocycles. The van der Waals surface area contributed by atoms with E-state index in [0.717, 1.165) is 12.8 Å². The van der Waals surface area contributed by atoms with Crippen molar-refractivity contribution in [2.75, 3.05) is 46.4 Å². The van der Waals surface area contributed by atoms with Gasteiger partial charge in [0.2, 0.25) is 17.7 Å². The van der Waals surface area contributed by atoms with Gasteiger partial charge >= 0.3 is 0 Å². The van der Waals surface area contributed by atoms with E-state index in [1.165, 1.54) is 0 Å². The van der Waals surface area contributed by atoms with Crippen molar-refractivity contribution in [3.8, 4) is 0 Å². The summed E-state index contributed by atoms with van der Waals surface area (Å²) in [5.41, 5.74) is 0. The highest BCUT2D eigenvalue weighted by Crippen LogP contribution is 2.18. The molecule has 22 heavy (non-hydrogen) atoms. The lowest BCUT2D eigenvalue weighted by molar-refractivity contribution is -0.141. The highest BCUT2D eigenvalue weighted by Gasteiger charge is 2.28. The van der Waals surface area contributed by atoms with E-state index in [9.17, 15) is 14.4 Å². The minimum atomic E-state index is -0.127. The van der Waals surface area contributed by atoms with Gasteiger partial charge in [0.05, 0.1) is 19.1 Å². The van der Waals surface area contributed by atoms with Crippen molar-refractivity contribution in [1.29, 1.82) is 0 Å². The maximum atomic E-state index is 12.2. The second-order valence-electron chi connectivity index (χ2n) is 5.79. The van der Waals surface area contributed by atoms with Crippen LogP contribution in [0.1, 0.15) is 25.7 Å². The minimum absolute atomic E-state index is 0.0107. The average molecular weight is 311 g/mol. The Morgan fingerprint density at radius 3 is 2.32 bits per heavy atom. The molecule has 0 aromatic rings. The lowest BCUT2D eigenvalue weighted by Gasteiger charge is -2.32. The molecule has 2 rings (SSSR count). The van der Waals surface area contributed by atoms with Crippen LogP contribution in [0, 0.1) is 5.92 Å². The molecular weight excluding hydrogens is 286 g/mol. The van der Waals surface area contributed by atoms with Crippen molar-refractivity contribution in [1.82, 2.24) is 15.1 Å². The fourth-order valence-electron chi connectivity index (χ4n) is 2.96. The van der Waals surface area contributed by atoms with Crippen LogP contribution in [-0.2, 0) is 19.1 Å². The van der Waals surface area contributed by atoms with E-state index in [0.29, 0.717) is 39.4 Å². The number of amides is 3. The molecule has 1 atom stereocenters. The van der Waals surface area contributed by atoms with Gasteiger partial charge in [0.1, 0.15) is 0 Å². The van der Waals surface area contributed by atoms with Crippen molar-refractivity contribution in [2.45, 2.75) is 25.7 Å². The second-order valence-corrected chi connectivity index (χ2v) is 5.79. The molecule has 0 aromatic carbocycles. The van der Waals surface area contributed by atoms with E-state index in [-0.39, 0.29) is 36.5 Å². The van der Waals surface area contributed by atoms with E-state index in [2.05, 4.69) is 5.32 Å². The minimum Gasteiger partial charge on any atom is -0.378 e. The third-order valence-electron chi connectivity index (χ3n) is 4.31. The van der Waals surface area contributed by atoms with E-state index >= 15 is 0 Å². The van der Waals surface area contributed by atoms with Crippen LogP contribution in [0.5, 0.6) is 0 Å². The Morgan fingerprint density at radius 1 is 1.05 bits per heavy atom. The molecule has 0 radical (unpaired) electrons. The summed E-state index contributed by atoms with van der Waals surface area (Å²) in [5.74, 6) is -0.161. The highest BCUT2D eigenvalue weighted by molar-refractivity contribution is 5.85. The van der Waals surface area contributed by atoms with Crippen LogP contribution < -0.4 is 5.32 Å². The third kappa shape index (κ3) is 4.43. The molecule has 0 saturated carbocycles. The molecule has 2 fully saturated rings. The smallest absolute Gasteiger partial charge is 0.224 e. The molecule has 124 valence electrons. The SMILES string of the molecule is CNC(=O)C1CCCN(C(=O)CCC(=O)N2CCOCC2)C1. The Bertz CT molecular complexity index is 421. The molecule has 2 aliphatic heterocycles. The summed E-state index contributed by atoms with van der Waals surface area (Å²) in [6, 6.07) is 0. The van der Waals surface area contributed by atoms with Gasteiger partial charge in [-0.15, -0.1) is 0 Å². The number of morpholine rings is 1. The average Bonchev–Trinajstić information content (AvgIpc) is 2.59. The van der Waals surface area contributed by atoms with E-state index in [1.54, 1.807) is 16.8 Å². The Hall–Kier alpha value is -1.63. The summed E-state index contributed by atoms with van der Waals surface area (Å²) in [5, 5.41) is 2.64. The monoisotopic (exact) mass is 311 g/mol. The quantitative estimate of drug-likeness (QED) is 0.767. The number of rotatable bonds is 4. The molecule has 2 saturated heterocycles. The van der Waals surface area contributed by atoms with E-state index in [1.807, 2.05) is 0 Å². The topological polar surface area (TPSA) is 79.0 Å². The van der Waals surface area contributed by atoms with Gasteiger partial charge in [0.25, 0.3) is 0 Å². The maximum absolute atomic E-state index is 12.2. The fraction of sp³-hybridized carbons (Fsp3) is 0.800. The zero-order valence-electron chi connectivity index (χ0n) is 13.2. The number of hydrogen-bond acceptors (Lipinski definition) is 4. The third-order valence-corrected chi connectivity index (χ3v) is 4.31. The number of nitrogens with one attached hydrogen (secondary N) is 1. The highest BCUT2D eigenvalue weighted by atomic mass is 16.5. The van der Waals surface area contributed by atoms with Gasteiger partial charge < -0.3 is 19.9 Å². The number of ether oxygens (including phenoxy) is 1. The standard InChI is InChI=1S/C15H25N3O4/c1-16-15(21)12-3-2-6-18(11-12)14(20)5-4-13(19)17-7-9-22-10-8-17/h12H,2-11H2,1H3,(H,16,21). The Balaban J connectivity index is 1.76. The molecule has 0 aliphatic carbocycles. The van der Waals surface area contributed by atoms with Crippen LogP contribution in [0.2, 0.25) is 0 Å². The van der Waals surface area contributed by atoms with Crippen LogP contribution in [0.3, 0.4) is 0 Å². The Kier molecular flexibility index (Phi) is 6.18. The fourth-order valence-corrected chi connectivity index (χ4v) is 2.96. The first-order chi connectivity index (χ1) is 10.6. The maximum Gasteiger partial charge on any atom is 0.224 e. The molecule has 1 unspecified atom stereocenters. The molecule has 0 bridgehead atoms. The van der Waals surface area contributed by atoms with Gasteiger partial charge in [-0.2, -0.15) is 0 Å². The van der Waals surface area contributed by atoms with Crippen LogP contribution in [0.4, 0.5) is 0 Å². The van der Waals surface area contributed by atoms with Gasteiger partial charge in [-0.25, -0.2) is 0 Å². The lowest BCUT2D eigenvalue weighted by Crippen LogP contribution is -2.45. The number of piperidine rings is 1. The zero-order valence-corrected chi connectivity index (χ0v) is 13.2. The molecule has 1 N–H and O–H groups in total. The van der Waals surface area contributed by atoms with Crippen LogP contribution in [0.25, 0.3) is 0 Å². The number of carbonyl (C=O) groups is 3. The van der Waals surface area contributed by atoms with Gasteiger partial charge in [0.15, 0.2) is 0 Å². The molecule has 7 heteroatoms. The second kappa shape index (κ2) is 8.12. The van der Waals surface area contributed by atoms with Crippen molar-refractivity contribution in [3.05, 3.63) is 0 Å². The van der Waals surface area contributed by atoms with Gasteiger partial charge in [-0.3, -0.25) is 14.4 Å². The van der Waals surface area contributed by atoms with Crippen molar-refractivity contribution >= 4 is 17.7 Å². The predicted octanol–water partition coefficient (Wildman–Crippen LogP) is -0.390. The molecule has 7 nitrogen and oxygen atoms in total. The largest absolute Gasteiger partial charge is 0.378 e. The Labute approximate surface area is 131 Å². The van der Waals surface area contributed by atoms with Crippen LogP contribution in [0.15, 0.2) is 0 Å². The van der Waals surface area contributed by atoms with Crippen molar-refractivity contribution in [3.63, 3.8) is 0 Å². The zero-order chi connectivity index (χ0) is 15.9. The predicted molar refractivity (Wildman–Crippen MR) is 80.0 cm³/mol. The first-order valence-electron chi connectivity index (χ1n) is 7.96. The molecular formula is C15H25N3O4. The summed E-state index contributed by atoms with van der Waals surface area (Å²) in [6.07, 6.45) is 2.11.